The van der Waals surface area contributed by atoms with Crippen molar-refractivity contribution in [2.24, 2.45) is 0 Å². The molecule has 0 spiro atoms. The standard InChI is InChI=1S/C14H15BrN2O3S/c1-9-3-4-10(15)7-13(9)20-14-8-11(5-6-12(14)16)21(18,19)17-2/h3-8,17H,16H2,1-2H3. The van der Waals surface area contributed by atoms with Gasteiger partial charge in [-0.15, -0.1) is 0 Å². The number of sulfonamides is 1. The summed E-state index contributed by atoms with van der Waals surface area (Å²) in [6.45, 7) is 1.89. The molecule has 0 saturated heterocycles. The largest absolute Gasteiger partial charge is 0.455 e. The molecule has 2 aromatic rings. The molecule has 0 radical (unpaired) electrons. The van der Waals surface area contributed by atoms with Crippen LogP contribution in [-0.4, -0.2) is 15.5 Å². The zero-order valence-electron chi connectivity index (χ0n) is 11.6. The average Bonchev–Trinajstić information content (AvgIpc) is 2.45. The number of aryl methyl sites for hydroxylation is 1. The molecule has 0 saturated carbocycles. The third kappa shape index (κ3) is 3.55. The number of nitrogens with one attached hydrogen (secondary N) is 1. The maximum atomic E-state index is 11.8. The lowest BCUT2D eigenvalue weighted by atomic mass is 10.2. The highest BCUT2D eigenvalue weighted by atomic mass is 79.9. The van der Waals surface area contributed by atoms with Gasteiger partial charge in [-0.05, 0) is 43.8 Å². The van der Waals surface area contributed by atoms with Gasteiger partial charge in [-0.3, -0.25) is 0 Å². The van der Waals surface area contributed by atoms with Crippen LogP contribution in [0.4, 0.5) is 5.69 Å². The molecule has 21 heavy (non-hydrogen) atoms. The number of halogens is 1. The Balaban J connectivity index is 2.45. The lowest BCUT2D eigenvalue weighted by Crippen LogP contribution is -2.18. The number of ether oxygens (including phenoxy) is 1. The van der Waals surface area contributed by atoms with Gasteiger partial charge in [0.05, 0.1) is 10.6 Å². The van der Waals surface area contributed by atoms with Crippen LogP contribution in [0.5, 0.6) is 11.5 Å². The zero-order valence-corrected chi connectivity index (χ0v) is 14.0. The molecular formula is C14H15BrN2O3S. The smallest absolute Gasteiger partial charge is 0.240 e. The van der Waals surface area contributed by atoms with E-state index in [2.05, 4.69) is 20.7 Å². The number of nitrogens with two attached hydrogens (primary N) is 1. The van der Waals surface area contributed by atoms with Crippen molar-refractivity contribution in [3.8, 4) is 11.5 Å². The van der Waals surface area contributed by atoms with Crippen LogP contribution in [0.3, 0.4) is 0 Å². The molecule has 3 N–H and O–H groups in total. The molecule has 0 aliphatic heterocycles. The van der Waals surface area contributed by atoms with Gasteiger partial charge in [-0.1, -0.05) is 22.0 Å². The van der Waals surface area contributed by atoms with Gasteiger partial charge in [0.25, 0.3) is 0 Å². The monoisotopic (exact) mass is 370 g/mol. The molecule has 2 aromatic carbocycles. The lowest BCUT2D eigenvalue weighted by Gasteiger charge is -2.12. The summed E-state index contributed by atoms with van der Waals surface area (Å²) in [5.74, 6) is 0.905. The van der Waals surface area contributed by atoms with E-state index in [1.165, 1.54) is 25.2 Å². The fourth-order valence-corrected chi connectivity index (χ4v) is 2.78. The molecule has 0 heterocycles. The summed E-state index contributed by atoms with van der Waals surface area (Å²) in [5, 5.41) is 0. The van der Waals surface area contributed by atoms with Crippen molar-refractivity contribution in [1.82, 2.24) is 4.72 Å². The van der Waals surface area contributed by atoms with Crippen LogP contribution in [0.1, 0.15) is 5.56 Å². The SMILES string of the molecule is CNS(=O)(=O)c1ccc(N)c(Oc2cc(Br)ccc2C)c1. The summed E-state index contributed by atoms with van der Waals surface area (Å²) in [6, 6.07) is 9.93. The van der Waals surface area contributed by atoms with Crippen molar-refractivity contribution in [1.29, 1.82) is 0 Å². The fourth-order valence-electron chi connectivity index (χ4n) is 1.69. The first kappa shape index (κ1) is 15.8. The molecule has 112 valence electrons. The van der Waals surface area contributed by atoms with Crippen molar-refractivity contribution in [2.45, 2.75) is 11.8 Å². The Hall–Kier alpha value is -1.57. The minimum Gasteiger partial charge on any atom is -0.455 e. The third-order valence-corrected chi connectivity index (χ3v) is 4.84. The second-order valence-electron chi connectivity index (χ2n) is 4.42. The highest BCUT2D eigenvalue weighted by Crippen LogP contribution is 2.33. The normalized spacial score (nSPS) is 11.4. The summed E-state index contributed by atoms with van der Waals surface area (Å²) >= 11 is 3.37. The summed E-state index contributed by atoms with van der Waals surface area (Å²) in [4.78, 5) is 0.0989. The number of nitrogen functional groups attached to an aromatic ring is 1. The summed E-state index contributed by atoms with van der Waals surface area (Å²) in [5.41, 5.74) is 7.14. The van der Waals surface area contributed by atoms with Crippen LogP contribution in [0, 0.1) is 6.92 Å². The van der Waals surface area contributed by atoms with E-state index in [9.17, 15) is 8.42 Å². The van der Waals surface area contributed by atoms with Gasteiger partial charge in [0.2, 0.25) is 10.0 Å². The quantitative estimate of drug-likeness (QED) is 0.810. The number of hydrogen-bond acceptors (Lipinski definition) is 4. The lowest BCUT2D eigenvalue weighted by molar-refractivity contribution is 0.479. The van der Waals surface area contributed by atoms with Gasteiger partial charge in [-0.25, -0.2) is 13.1 Å². The molecule has 0 aromatic heterocycles. The molecule has 0 aliphatic rings. The van der Waals surface area contributed by atoms with Gasteiger partial charge in [-0.2, -0.15) is 0 Å². The predicted octanol–water partition coefficient (Wildman–Crippen LogP) is 3.04. The number of anilines is 1. The molecule has 5 nitrogen and oxygen atoms in total. The van der Waals surface area contributed by atoms with Crippen LogP contribution >= 0.6 is 15.9 Å². The van der Waals surface area contributed by atoms with Crippen LogP contribution in [-0.2, 0) is 10.0 Å². The summed E-state index contributed by atoms with van der Waals surface area (Å²) in [6.07, 6.45) is 0. The van der Waals surface area contributed by atoms with E-state index >= 15 is 0 Å². The molecule has 2 rings (SSSR count). The molecule has 0 atom stereocenters. The Labute approximate surface area is 132 Å². The number of benzene rings is 2. The van der Waals surface area contributed by atoms with Gasteiger partial charge < -0.3 is 10.5 Å². The summed E-state index contributed by atoms with van der Waals surface area (Å²) in [7, 11) is -2.19. The highest BCUT2D eigenvalue weighted by Gasteiger charge is 2.15. The van der Waals surface area contributed by atoms with Crippen LogP contribution < -0.4 is 15.2 Å². The van der Waals surface area contributed by atoms with Crippen LogP contribution in [0.25, 0.3) is 0 Å². The first-order chi connectivity index (χ1) is 9.83. The highest BCUT2D eigenvalue weighted by molar-refractivity contribution is 9.10. The van der Waals surface area contributed by atoms with E-state index in [0.717, 1.165) is 10.0 Å². The van der Waals surface area contributed by atoms with E-state index < -0.39 is 10.0 Å². The second-order valence-corrected chi connectivity index (χ2v) is 7.22. The minimum atomic E-state index is -3.54. The van der Waals surface area contributed by atoms with Crippen molar-refractivity contribution >= 4 is 31.6 Å². The number of hydrogen-bond donors (Lipinski definition) is 2. The van der Waals surface area contributed by atoms with Gasteiger partial charge in [0, 0.05) is 10.5 Å². The van der Waals surface area contributed by atoms with Gasteiger partial charge >= 0.3 is 0 Å². The number of rotatable bonds is 4. The van der Waals surface area contributed by atoms with E-state index in [-0.39, 0.29) is 4.90 Å². The summed E-state index contributed by atoms with van der Waals surface area (Å²) < 4.78 is 32.5. The van der Waals surface area contributed by atoms with Crippen molar-refractivity contribution in [3.05, 3.63) is 46.4 Å². The Morgan fingerprint density at radius 1 is 1.14 bits per heavy atom. The average molecular weight is 371 g/mol. The van der Waals surface area contributed by atoms with Gasteiger partial charge in [0.1, 0.15) is 5.75 Å². The Morgan fingerprint density at radius 3 is 2.52 bits per heavy atom. The maximum absolute atomic E-state index is 11.8. The Bertz CT molecular complexity index is 776. The predicted molar refractivity (Wildman–Crippen MR) is 86.1 cm³/mol. The first-order valence-electron chi connectivity index (χ1n) is 6.10. The first-order valence-corrected chi connectivity index (χ1v) is 8.38. The van der Waals surface area contributed by atoms with Crippen LogP contribution in [0.2, 0.25) is 0 Å². The Kier molecular flexibility index (Phi) is 4.55. The van der Waals surface area contributed by atoms with E-state index in [0.29, 0.717) is 17.2 Å². The molecule has 0 amide bonds. The molecule has 0 unspecified atom stereocenters. The molecule has 0 fully saturated rings. The van der Waals surface area contributed by atoms with Crippen LogP contribution in [0.15, 0.2) is 45.8 Å². The van der Waals surface area contributed by atoms with Crippen molar-refractivity contribution in [3.63, 3.8) is 0 Å². The molecular weight excluding hydrogens is 356 g/mol. The van der Waals surface area contributed by atoms with Crippen molar-refractivity contribution < 1.29 is 13.2 Å². The minimum absolute atomic E-state index is 0.0989. The van der Waals surface area contributed by atoms with Crippen molar-refractivity contribution in [2.75, 3.05) is 12.8 Å². The molecule has 0 bridgehead atoms. The van der Waals surface area contributed by atoms with Gasteiger partial charge in [0.15, 0.2) is 5.75 Å². The Morgan fingerprint density at radius 2 is 1.86 bits per heavy atom. The zero-order chi connectivity index (χ0) is 15.6. The second kappa shape index (κ2) is 6.05. The maximum Gasteiger partial charge on any atom is 0.240 e. The third-order valence-electron chi connectivity index (χ3n) is 2.93. The topological polar surface area (TPSA) is 81.4 Å². The molecule has 0 aliphatic carbocycles. The van der Waals surface area contributed by atoms with E-state index in [1.807, 2.05) is 19.1 Å². The van der Waals surface area contributed by atoms with E-state index in [1.54, 1.807) is 6.07 Å². The van der Waals surface area contributed by atoms with E-state index in [4.69, 9.17) is 10.5 Å². The fraction of sp³-hybridized carbons (Fsp3) is 0.143. The molecule has 7 heteroatoms.